The zero-order chi connectivity index (χ0) is 20.4. The Morgan fingerprint density at radius 2 is 1.93 bits per heavy atom. The van der Waals surface area contributed by atoms with E-state index in [1.165, 1.54) is 36.1 Å². The Morgan fingerprint density at radius 1 is 1.17 bits per heavy atom. The van der Waals surface area contributed by atoms with E-state index in [9.17, 15) is 13.2 Å². The van der Waals surface area contributed by atoms with Gasteiger partial charge in [0.15, 0.2) is 15.0 Å². The van der Waals surface area contributed by atoms with Crippen LogP contribution in [0.15, 0.2) is 53.4 Å². The maximum Gasteiger partial charge on any atom is 0.226 e. The Kier molecular flexibility index (Phi) is 5.38. The minimum Gasteiger partial charge on any atom is -0.497 e. The molecule has 1 amide bonds. The van der Waals surface area contributed by atoms with Crippen molar-refractivity contribution in [2.24, 2.45) is 0 Å². The Morgan fingerprint density at radius 3 is 2.69 bits per heavy atom. The zero-order valence-electron chi connectivity index (χ0n) is 15.8. The van der Waals surface area contributed by atoms with Gasteiger partial charge in [0, 0.05) is 23.3 Å². The number of hydrogen-bond donors (Lipinski definition) is 1. The lowest BCUT2D eigenvalue weighted by molar-refractivity contribution is -0.116. The molecule has 1 aliphatic carbocycles. The van der Waals surface area contributed by atoms with Crippen LogP contribution < -0.4 is 10.1 Å². The van der Waals surface area contributed by atoms with Crippen molar-refractivity contribution in [1.82, 2.24) is 4.98 Å². The number of thiazole rings is 1. The number of hydrogen-bond acceptors (Lipinski definition) is 6. The summed E-state index contributed by atoms with van der Waals surface area (Å²) in [5.74, 6) is 0.283. The molecular weight excluding hydrogens is 408 g/mol. The summed E-state index contributed by atoms with van der Waals surface area (Å²) >= 11 is 1.47. The van der Waals surface area contributed by atoms with E-state index in [0.29, 0.717) is 10.9 Å². The van der Waals surface area contributed by atoms with Crippen LogP contribution in [-0.4, -0.2) is 32.2 Å². The van der Waals surface area contributed by atoms with Gasteiger partial charge in [-0.2, -0.15) is 0 Å². The van der Waals surface area contributed by atoms with Gasteiger partial charge in [0.05, 0.1) is 23.5 Å². The van der Waals surface area contributed by atoms with Crippen LogP contribution in [0.5, 0.6) is 5.75 Å². The van der Waals surface area contributed by atoms with Gasteiger partial charge in [-0.25, -0.2) is 13.4 Å². The molecule has 3 aromatic rings. The van der Waals surface area contributed by atoms with E-state index in [2.05, 4.69) is 16.4 Å². The summed E-state index contributed by atoms with van der Waals surface area (Å²) in [6.45, 7) is 0. The van der Waals surface area contributed by atoms with Crippen molar-refractivity contribution in [3.63, 3.8) is 0 Å². The van der Waals surface area contributed by atoms with Gasteiger partial charge in [0.25, 0.3) is 0 Å². The van der Waals surface area contributed by atoms with Crippen molar-refractivity contribution in [2.75, 3.05) is 18.2 Å². The molecule has 8 heteroatoms. The largest absolute Gasteiger partial charge is 0.497 e. The maximum atomic E-state index is 12.4. The number of benzene rings is 2. The molecule has 0 saturated heterocycles. The molecule has 6 nitrogen and oxygen atoms in total. The van der Waals surface area contributed by atoms with Crippen LogP contribution in [0.3, 0.4) is 0 Å². The van der Waals surface area contributed by atoms with Crippen molar-refractivity contribution in [2.45, 2.75) is 24.2 Å². The fourth-order valence-corrected chi connectivity index (χ4v) is 5.65. The van der Waals surface area contributed by atoms with Gasteiger partial charge in [-0.15, -0.1) is 11.3 Å². The number of anilines is 1. The van der Waals surface area contributed by atoms with E-state index in [0.717, 1.165) is 22.6 Å². The maximum absolute atomic E-state index is 12.4. The molecule has 0 spiro atoms. The number of carbonyl (C=O) groups excluding carboxylic acids is 1. The Hall–Kier alpha value is -2.71. The van der Waals surface area contributed by atoms with E-state index in [1.54, 1.807) is 12.1 Å². The third-order valence-electron chi connectivity index (χ3n) is 4.80. The topological polar surface area (TPSA) is 85.4 Å². The molecule has 0 atom stereocenters. The van der Waals surface area contributed by atoms with Crippen LogP contribution in [0.25, 0.3) is 11.3 Å². The minimum absolute atomic E-state index is 0.0888. The van der Waals surface area contributed by atoms with Gasteiger partial charge in [0.1, 0.15) is 5.75 Å². The number of rotatable bonds is 7. The first-order chi connectivity index (χ1) is 14.0. The summed E-state index contributed by atoms with van der Waals surface area (Å²) in [6.07, 6.45) is 1.20. The Bertz CT molecular complexity index is 1150. The van der Waals surface area contributed by atoms with Crippen LogP contribution in [-0.2, 0) is 21.1 Å². The van der Waals surface area contributed by atoms with Gasteiger partial charge in [-0.05, 0) is 36.2 Å². The summed E-state index contributed by atoms with van der Waals surface area (Å²) < 4.78 is 29.8. The second-order valence-corrected chi connectivity index (χ2v) is 9.96. The number of amides is 1. The lowest BCUT2D eigenvalue weighted by Crippen LogP contribution is -2.14. The Labute approximate surface area is 173 Å². The van der Waals surface area contributed by atoms with Gasteiger partial charge in [0.2, 0.25) is 5.91 Å². The third kappa shape index (κ3) is 4.18. The lowest BCUT2D eigenvalue weighted by atomic mass is 10.1. The molecule has 0 bridgehead atoms. The summed E-state index contributed by atoms with van der Waals surface area (Å²) in [5, 5.41) is 3.36. The van der Waals surface area contributed by atoms with Crippen molar-refractivity contribution >= 4 is 32.2 Å². The summed E-state index contributed by atoms with van der Waals surface area (Å²) in [4.78, 5) is 18.2. The molecule has 0 unspecified atom stereocenters. The average molecular weight is 429 g/mol. The molecule has 1 heterocycles. The molecule has 2 aromatic carbocycles. The molecule has 1 aliphatic rings. The number of methoxy groups -OCH3 is 1. The SMILES string of the molecule is COc1ccc(S(=O)(=O)CCCC(=O)Nc2nc3c(s2)Cc2ccccc2-3)cc1. The predicted molar refractivity (Wildman–Crippen MR) is 113 cm³/mol. The molecule has 0 radical (unpaired) electrons. The van der Waals surface area contributed by atoms with E-state index < -0.39 is 9.84 Å². The van der Waals surface area contributed by atoms with Crippen LogP contribution in [0.4, 0.5) is 5.13 Å². The molecule has 0 saturated carbocycles. The van der Waals surface area contributed by atoms with Gasteiger partial charge in [-0.1, -0.05) is 24.3 Å². The fraction of sp³-hybridized carbons (Fsp3) is 0.238. The first kappa shape index (κ1) is 19.6. The average Bonchev–Trinajstić information content (AvgIpc) is 3.25. The molecule has 1 aromatic heterocycles. The monoisotopic (exact) mass is 428 g/mol. The number of nitrogens with one attached hydrogen (secondary N) is 1. The van der Waals surface area contributed by atoms with E-state index in [-0.39, 0.29) is 29.4 Å². The normalized spacial score (nSPS) is 12.3. The van der Waals surface area contributed by atoms with Crippen LogP contribution in [0.2, 0.25) is 0 Å². The van der Waals surface area contributed by atoms with Crippen LogP contribution in [0, 0.1) is 0 Å². The summed E-state index contributed by atoms with van der Waals surface area (Å²) in [7, 11) is -1.91. The van der Waals surface area contributed by atoms with Crippen LogP contribution >= 0.6 is 11.3 Å². The second kappa shape index (κ2) is 7.96. The number of fused-ring (bicyclic) bond motifs is 3. The second-order valence-electron chi connectivity index (χ2n) is 6.77. The van der Waals surface area contributed by atoms with E-state index in [4.69, 9.17) is 4.74 Å². The zero-order valence-corrected chi connectivity index (χ0v) is 17.5. The Balaban J connectivity index is 1.32. The minimum atomic E-state index is -3.43. The molecule has 4 rings (SSSR count). The first-order valence-corrected chi connectivity index (χ1v) is 11.7. The van der Waals surface area contributed by atoms with Crippen molar-refractivity contribution in [1.29, 1.82) is 0 Å². The number of ether oxygens (including phenoxy) is 1. The smallest absolute Gasteiger partial charge is 0.226 e. The molecule has 150 valence electrons. The summed E-state index contributed by atoms with van der Waals surface area (Å²) in [6, 6.07) is 14.4. The number of aromatic nitrogens is 1. The first-order valence-electron chi connectivity index (χ1n) is 9.21. The fourth-order valence-electron chi connectivity index (χ4n) is 3.32. The third-order valence-corrected chi connectivity index (χ3v) is 7.59. The van der Waals surface area contributed by atoms with Crippen molar-refractivity contribution < 1.29 is 17.9 Å². The van der Waals surface area contributed by atoms with Crippen molar-refractivity contribution in [3.8, 4) is 17.0 Å². The highest BCUT2D eigenvalue weighted by atomic mass is 32.2. The lowest BCUT2D eigenvalue weighted by Gasteiger charge is -2.06. The quantitative estimate of drug-likeness (QED) is 0.482. The highest BCUT2D eigenvalue weighted by Crippen LogP contribution is 2.40. The highest BCUT2D eigenvalue weighted by molar-refractivity contribution is 7.91. The molecule has 1 N–H and O–H groups in total. The molecule has 0 fully saturated rings. The van der Waals surface area contributed by atoms with Gasteiger partial charge >= 0.3 is 0 Å². The van der Waals surface area contributed by atoms with Gasteiger partial charge < -0.3 is 10.1 Å². The molecule has 0 aliphatic heterocycles. The van der Waals surface area contributed by atoms with Crippen molar-refractivity contribution in [3.05, 3.63) is 59.0 Å². The van der Waals surface area contributed by atoms with E-state index >= 15 is 0 Å². The van der Waals surface area contributed by atoms with Gasteiger partial charge in [-0.3, -0.25) is 4.79 Å². The molecular formula is C21H20N2O4S2. The number of carbonyl (C=O) groups is 1. The predicted octanol–water partition coefficient (Wildman–Crippen LogP) is 3.92. The van der Waals surface area contributed by atoms with Crippen LogP contribution in [0.1, 0.15) is 23.3 Å². The molecule has 29 heavy (non-hydrogen) atoms. The standard InChI is InChI=1S/C21H20N2O4S2/c1-27-15-8-10-16(11-9-15)29(25,26)12-4-7-19(24)22-21-23-20-17-6-3-2-5-14(17)13-18(20)28-21/h2-3,5-6,8-11H,4,7,12-13H2,1H3,(H,22,23,24). The summed E-state index contributed by atoms with van der Waals surface area (Å²) in [5.41, 5.74) is 3.30. The number of nitrogens with zero attached hydrogens (tertiary/aromatic N) is 1. The highest BCUT2D eigenvalue weighted by Gasteiger charge is 2.23. The van der Waals surface area contributed by atoms with E-state index in [1.807, 2.05) is 18.2 Å². The number of sulfone groups is 1.